The molecule has 2 aromatic rings. The van der Waals surface area contributed by atoms with Crippen molar-refractivity contribution >= 4 is 28.1 Å². The number of hydrogen-bond donors (Lipinski definition) is 0. The third kappa shape index (κ3) is 3.62. The minimum Gasteiger partial charge on any atom is -0.378 e. The van der Waals surface area contributed by atoms with Gasteiger partial charge >= 0.3 is 5.00 Å². The number of thiophene rings is 1. The molecule has 1 fully saturated rings. The summed E-state index contributed by atoms with van der Waals surface area (Å²) in [6.45, 7) is 2.83. The van der Waals surface area contributed by atoms with Gasteiger partial charge in [-0.3, -0.25) is 10.1 Å². The van der Waals surface area contributed by atoms with Gasteiger partial charge < -0.3 is 9.64 Å². The summed E-state index contributed by atoms with van der Waals surface area (Å²) >= 11 is 1.15. The molecule has 1 aliphatic heterocycles. The molecule has 6 nitrogen and oxygen atoms in total. The standard InChI is InChI=1S/C17H15N3O3S/c18-12-13-1-3-14(4-2-13)16(19-7-9-23-10-8-19)11-15-5-6-17(24-15)20(21)22/h1-6,11H,7-10H2/b16-11+. The first kappa shape index (κ1) is 16.2. The number of rotatable bonds is 4. The van der Waals surface area contributed by atoms with Gasteiger partial charge in [0.1, 0.15) is 0 Å². The minimum absolute atomic E-state index is 0.127. The van der Waals surface area contributed by atoms with Crippen molar-refractivity contribution in [1.29, 1.82) is 5.26 Å². The molecule has 0 saturated carbocycles. The van der Waals surface area contributed by atoms with Gasteiger partial charge in [0.2, 0.25) is 0 Å². The number of morpholine rings is 1. The van der Waals surface area contributed by atoms with Crippen LogP contribution < -0.4 is 0 Å². The van der Waals surface area contributed by atoms with Gasteiger partial charge in [-0.2, -0.15) is 5.26 Å². The third-order valence-electron chi connectivity index (χ3n) is 3.73. The van der Waals surface area contributed by atoms with Crippen LogP contribution >= 0.6 is 11.3 Å². The van der Waals surface area contributed by atoms with Gasteiger partial charge in [0, 0.05) is 29.7 Å². The molecule has 2 heterocycles. The van der Waals surface area contributed by atoms with Crippen molar-refractivity contribution in [2.24, 2.45) is 0 Å². The molecule has 0 radical (unpaired) electrons. The molecule has 0 unspecified atom stereocenters. The van der Waals surface area contributed by atoms with E-state index < -0.39 is 0 Å². The van der Waals surface area contributed by atoms with Gasteiger partial charge in [0.05, 0.1) is 29.8 Å². The highest BCUT2D eigenvalue weighted by molar-refractivity contribution is 7.16. The molecule has 0 spiro atoms. The number of benzene rings is 1. The van der Waals surface area contributed by atoms with Crippen molar-refractivity contribution < 1.29 is 9.66 Å². The van der Waals surface area contributed by atoms with Crippen LogP contribution in [0, 0.1) is 21.4 Å². The molecular formula is C17H15N3O3S. The summed E-state index contributed by atoms with van der Waals surface area (Å²) in [7, 11) is 0. The minimum atomic E-state index is -0.377. The molecule has 0 amide bonds. The lowest BCUT2D eigenvalue weighted by Gasteiger charge is -2.31. The van der Waals surface area contributed by atoms with Gasteiger partial charge in [0.25, 0.3) is 0 Å². The zero-order valence-electron chi connectivity index (χ0n) is 12.8. The lowest BCUT2D eigenvalue weighted by atomic mass is 10.1. The Bertz CT molecular complexity index is 799. The van der Waals surface area contributed by atoms with E-state index in [4.69, 9.17) is 10.00 Å². The molecule has 24 heavy (non-hydrogen) atoms. The first-order valence-corrected chi connectivity index (χ1v) is 8.28. The summed E-state index contributed by atoms with van der Waals surface area (Å²) in [6, 6.07) is 12.8. The van der Waals surface area contributed by atoms with Crippen LogP contribution in [0.3, 0.4) is 0 Å². The van der Waals surface area contributed by atoms with Gasteiger partial charge in [-0.1, -0.05) is 23.5 Å². The zero-order chi connectivity index (χ0) is 16.9. The average molecular weight is 341 g/mol. The summed E-state index contributed by atoms with van der Waals surface area (Å²) < 4.78 is 5.41. The number of nitrogens with zero attached hydrogens (tertiary/aromatic N) is 3. The van der Waals surface area contributed by atoms with E-state index in [-0.39, 0.29) is 9.92 Å². The maximum absolute atomic E-state index is 10.9. The van der Waals surface area contributed by atoms with E-state index in [1.807, 2.05) is 18.2 Å². The Balaban J connectivity index is 1.98. The van der Waals surface area contributed by atoms with Crippen LogP contribution in [0.1, 0.15) is 16.0 Å². The van der Waals surface area contributed by atoms with Crippen LogP contribution in [0.5, 0.6) is 0 Å². The summed E-state index contributed by atoms with van der Waals surface area (Å²) in [4.78, 5) is 13.5. The maximum atomic E-state index is 10.9. The van der Waals surface area contributed by atoms with Crippen LogP contribution in [0.15, 0.2) is 36.4 Å². The predicted molar refractivity (Wildman–Crippen MR) is 92.4 cm³/mol. The van der Waals surface area contributed by atoms with Gasteiger partial charge in [-0.05, 0) is 29.8 Å². The smallest absolute Gasteiger partial charge is 0.324 e. The first-order chi connectivity index (χ1) is 11.7. The molecule has 1 aliphatic rings. The highest BCUT2D eigenvalue weighted by atomic mass is 32.1. The molecule has 1 aromatic heterocycles. The number of nitriles is 1. The van der Waals surface area contributed by atoms with E-state index in [9.17, 15) is 10.1 Å². The Hall–Kier alpha value is -2.69. The molecule has 122 valence electrons. The predicted octanol–water partition coefficient (Wildman–Crippen LogP) is 3.36. The van der Waals surface area contributed by atoms with Crippen molar-refractivity contribution in [2.75, 3.05) is 26.3 Å². The van der Waals surface area contributed by atoms with Crippen LogP contribution in [0.25, 0.3) is 11.8 Å². The third-order valence-corrected chi connectivity index (χ3v) is 4.72. The van der Waals surface area contributed by atoms with Crippen molar-refractivity contribution in [1.82, 2.24) is 4.90 Å². The summed E-state index contributed by atoms with van der Waals surface area (Å²) in [5.74, 6) is 0. The van der Waals surface area contributed by atoms with Crippen LogP contribution in [0.4, 0.5) is 5.00 Å². The maximum Gasteiger partial charge on any atom is 0.324 e. The second kappa shape index (κ2) is 7.25. The lowest BCUT2D eigenvalue weighted by Crippen LogP contribution is -2.34. The quantitative estimate of drug-likeness (QED) is 0.629. The summed E-state index contributed by atoms with van der Waals surface area (Å²) in [6.07, 6.45) is 1.96. The highest BCUT2D eigenvalue weighted by Gasteiger charge is 2.17. The Morgan fingerprint density at radius 3 is 2.54 bits per heavy atom. The van der Waals surface area contributed by atoms with E-state index in [0.717, 1.165) is 40.6 Å². The van der Waals surface area contributed by atoms with E-state index in [2.05, 4.69) is 11.0 Å². The number of hydrogen-bond acceptors (Lipinski definition) is 6. The summed E-state index contributed by atoms with van der Waals surface area (Å²) in [5.41, 5.74) is 2.57. The highest BCUT2D eigenvalue weighted by Crippen LogP contribution is 2.30. The SMILES string of the molecule is N#Cc1ccc(/C(=C\c2ccc([N+](=O)[O-])s2)N2CCOCC2)cc1. The van der Waals surface area contributed by atoms with Gasteiger partial charge in [-0.25, -0.2) is 0 Å². The van der Waals surface area contributed by atoms with Gasteiger partial charge in [0.15, 0.2) is 0 Å². The summed E-state index contributed by atoms with van der Waals surface area (Å²) in [5, 5.41) is 20.0. The monoisotopic (exact) mass is 341 g/mol. The first-order valence-electron chi connectivity index (χ1n) is 7.46. The molecule has 1 aromatic carbocycles. The second-order valence-corrected chi connectivity index (χ2v) is 6.35. The Morgan fingerprint density at radius 2 is 1.96 bits per heavy atom. The fraction of sp³-hybridized carbons (Fsp3) is 0.235. The lowest BCUT2D eigenvalue weighted by molar-refractivity contribution is -0.380. The molecule has 0 bridgehead atoms. The largest absolute Gasteiger partial charge is 0.378 e. The molecule has 0 N–H and O–H groups in total. The normalized spacial score (nSPS) is 15.1. The van der Waals surface area contributed by atoms with Crippen LogP contribution in [0.2, 0.25) is 0 Å². The van der Waals surface area contributed by atoms with Crippen molar-refractivity contribution in [3.63, 3.8) is 0 Å². The molecule has 0 aliphatic carbocycles. The average Bonchev–Trinajstić information content (AvgIpc) is 3.10. The Morgan fingerprint density at radius 1 is 1.25 bits per heavy atom. The molecular weight excluding hydrogens is 326 g/mol. The topological polar surface area (TPSA) is 79.4 Å². The number of nitro groups is 1. The van der Waals surface area contributed by atoms with E-state index in [1.54, 1.807) is 18.2 Å². The zero-order valence-corrected chi connectivity index (χ0v) is 13.7. The van der Waals surface area contributed by atoms with Crippen molar-refractivity contribution in [3.8, 4) is 6.07 Å². The molecule has 0 atom stereocenters. The van der Waals surface area contributed by atoms with E-state index in [0.29, 0.717) is 18.8 Å². The Kier molecular flexibility index (Phi) is 4.89. The van der Waals surface area contributed by atoms with Gasteiger partial charge in [-0.15, -0.1) is 0 Å². The van der Waals surface area contributed by atoms with Crippen LogP contribution in [-0.4, -0.2) is 36.1 Å². The second-order valence-electron chi connectivity index (χ2n) is 5.25. The fourth-order valence-corrected chi connectivity index (χ4v) is 3.29. The number of ether oxygens (including phenoxy) is 1. The molecule has 7 heteroatoms. The van der Waals surface area contributed by atoms with Crippen molar-refractivity contribution in [3.05, 3.63) is 62.5 Å². The Labute approximate surface area is 143 Å². The molecule has 3 rings (SSSR count). The van der Waals surface area contributed by atoms with Crippen LogP contribution in [-0.2, 0) is 4.74 Å². The van der Waals surface area contributed by atoms with Crippen molar-refractivity contribution in [2.45, 2.75) is 0 Å². The molecule has 1 saturated heterocycles. The fourth-order valence-electron chi connectivity index (χ4n) is 2.53. The van der Waals surface area contributed by atoms with E-state index in [1.165, 1.54) is 6.07 Å². The van der Waals surface area contributed by atoms with E-state index >= 15 is 0 Å².